The highest BCUT2D eigenvalue weighted by atomic mass is 35.5. The third-order valence-corrected chi connectivity index (χ3v) is 3.19. The average Bonchev–Trinajstić information content (AvgIpc) is 2.49. The van der Waals surface area contributed by atoms with E-state index in [2.05, 4.69) is 14.5 Å². The molecule has 0 saturated heterocycles. The third kappa shape index (κ3) is 4.14. The van der Waals surface area contributed by atoms with Crippen molar-refractivity contribution in [3.8, 4) is 0 Å². The Morgan fingerprint density at radius 2 is 1.92 bits per heavy atom. The molecule has 2 rings (SSSR count). The molecule has 0 aliphatic carbocycles. The maximum Gasteiger partial charge on any atom is 0.514 e. The zero-order valence-corrected chi connectivity index (χ0v) is 13.1. The molecule has 1 heterocycles. The quantitative estimate of drug-likeness (QED) is 0.762. The van der Waals surface area contributed by atoms with Crippen molar-refractivity contribution in [2.24, 2.45) is 4.99 Å². The molecule has 5 nitrogen and oxygen atoms in total. The molecular formula is C15H11ClF3NO4. The van der Waals surface area contributed by atoms with E-state index in [0.717, 1.165) is 0 Å². The number of Topliss-reactive ketones (excluding diaryl/α,β-unsaturated/α-hetero) is 1. The second-order valence-corrected chi connectivity index (χ2v) is 5.06. The minimum absolute atomic E-state index is 0.0970. The van der Waals surface area contributed by atoms with E-state index in [4.69, 9.17) is 11.6 Å². The molecule has 24 heavy (non-hydrogen) atoms. The van der Waals surface area contributed by atoms with Gasteiger partial charge < -0.3 is 9.47 Å². The van der Waals surface area contributed by atoms with Gasteiger partial charge in [-0.2, -0.15) is 13.2 Å². The molecule has 0 aromatic heterocycles. The second kappa shape index (κ2) is 7.04. The van der Waals surface area contributed by atoms with Crippen LogP contribution in [0.2, 0.25) is 5.02 Å². The fourth-order valence-electron chi connectivity index (χ4n) is 1.93. The number of aliphatic imine (C=N–C) groups is 1. The highest BCUT2D eigenvalue weighted by Crippen LogP contribution is 2.34. The smallest absolute Gasteiger partial charge is 0.434 e. The zero-order valence-electron chi connectivity index (χ0n) is 12.3. The molecule has 128 valence electrons. The Hall–Kier alpha value is -2.35. The molecule has 0 atom stereocenters. The van der Waals surface area contributed by atoms with Crippen LogP contribution in [0.4, 0.5) is 18.0 Å². The summed E-state index contributed by atoms with van der Waals surface area (Å²) in [6.07, 6.45) is -6.82. The molecule has 0 bridgehead atoms. The van der Waals surface area contributed by atoms with Crippen LogP contribution in [0, 0.1) is 0 Å². The number of nitrogens with zero attached hydrogens (tertiary/aromatic N) is 1. The van der Waals surface area contributed by atoms with Crippen LogP contribution < -0.4 is 0 Å². The molecular weight excluding hydrogens is 351 g/mol. The van der Waals surface area contributed by atoms with Gasteiger partial charge in [0, 0.05) is 5.02 Å². The third-order valence-electron chi connectivity index (χ3n) is 2.94. The number of alkyl halides is 3. The van der Waals surface area contributed by atoms with Crippen molar-refractivity contribution in [2.45, 2.75) is 19.5 Å². The number of benzene rings is 1. The second-order valence-electron chi connectivity index (χ2n) is 4.63. The molecule has 0 fully saturated rings. The topological polar surface area (TPSA) is 65.0 Å². The summed E-state index contributed by atoms with van der Waals surface area (Å²) in [5, 5.41) is 0.388. The Labute approximate surface area is 139 Å². The first-order chi connectivity index (χ1) is 11.2. The summed E-state index contributed by atoms with van der Waals surface area (Å²) in [5.74, 6) is -2.19. The molecule has 9 heteroatoms. The molecule has 1 aliphatic heterocycles. The van der Waals surface area contributed by atoms with Crippen LogP contribution in [0.3, 0.4) is 0 Å². The fourth-order valence-corrected chi connectivity index (χ4v) is 2.05. The van der Waals surface area contributed by atoms with Crippen molar-refractivity contribution in [1.29, 1.82) is 0 Å². The van der Waals surface area contributed by atoms with E-state index < -0.39 is 36.0 Å². The van der Waals surface area contributed by atoms with Gasteiger partial charge in [-0.3, -0.25) is 4.79 Å². The maximum atomic E-state index is 13.2. The number of ether oxygens (including phenoxy) is 2. The first-order valence-corrected chi connectivity index (χ1v) is 7.13. The Morgan fingerprint density at radius 1 is 1.29 bits per heavy atom. The summed E-state index contributed by atoms with van der Waals surface area (Å²) < 4.78 is 48.4. The first kappa shape index (κ1) is 18.0. The molecule has 0 N–H and O–H groups in total. The Bertz CT molecular complexity index is 723. The van der Waals surface area contributed by atoms with Gasteiger partial charge in [-0.15, -0.1) is 0 Å². The van der Waals surface area contributed by atoms with Gasteiger partial charge in [-0.1, -0.05) is 23.7 Å². The number of hydrogen-bond donors (Lipinski definition) is 0. The van der Waals surface area contributed by atoms with Crippen molar-refractivity contribution in [3.05, 3.63) is 46.3 Å². The summed E-state index contributed by atoms with van der Waals surface area (Å²) in [6.45, 7) is 1.33. The molecule has 0 spiro atoms. The van der Waals surface area contributed by atoms with Crippen LogP contribution in [-0.2, 0) is 14.3 Å². The molecule has 0 radical (unpaired) electrons. The summed E-state index contributed by atoms with van der Waals surface area (Å²) in [6, 6.07) is 5.82. The summed E-state index contributed by atoms with van der Waals surface area (Å²) in [4.78, 5) is 26.8. The van der Waals surface area contributed by atoms with Crippen LogP contribution >= 0.6 is 11.6 Å². The largest absolute Gasteiger partial charge is 0.514 e. The zero-order chi connectivity index (χ0) is 17.9. The van der Waals surface area contributed by atoms with Gasteiger partial charge >= 0.3 is 12.3 Å². The number of allylic oxidation sites excluding steroid dienone is 2. The Kier molecular flexibility index (Phi) is 5.28. The number of carbonyl (C=O) groups excluding carboxylic acids is 2. The number of hydrogen-bond acceptors (Lipinski definition) is 5. The lowest BCUT2D eigenvalue weighted by molar-refractivity contribution is -0.121. The average molecular weight is 362 g/mol. The van der Waals surface area contributed by atoms with Gasteiger partial charge in [0.25, 0.3) is 0 Å². The lowest BCUT2D eigenvalue weighted by Gasteiger charge is -2.19. The SMILES string of the molecule is CCOC(=O)OC1=C(C(F)(F)F)N=C(c2ccc(Cl)cc2)CC1=O. The van der Waals surface area contributed by atoms with E-state index in [9.17, 15) is 22.8 Å². The van der Waals surface area contributed by atoms with Crippen molar-refractivity contribution < 1.29 is 32.2 Å². The maximum absolute atomic E-state index is 13.2. The highest BCUT2D eigenvalue weighted by molar-refractivity contribution is 6.30. The van der Waals surface area contributed by atoms with E-state index in [1.165, 1.54) is 31.2 Å². The van der Waals surface area contributed by atoms with E-state index >= 15 is 0 Å². The van der Waals surface area contributed by atoms with Crippen LogP contribution in [0.15, 0.2) is 40.7 Å². The van der Waals surface area contributed by atoms with Crippen molar-refractivity contribution in [2.75, 3.05) is 6.61 Å². The van der Waals surface area contributed by atoms with Gasteiger partial charge in [0.15, 0.2) is 5.70 Å². The van der Waals surface area contributed by atoms with Gasteiger partial charge in [-0.05, 0) is 24.6 Å². The van der Waals surface area contributed by atoms with Gasteiger partial charge in [-0.25, -0.2) is 9.79 Å². The van der Waals surface area contributed by atoms with Crippen LogP contribution in [-0.4, -0.2) is 30.4 Å². The Balaban J connectivity index is 2.46. The van der Waals surface area contributed by atoms with Crippen molar-refractivity contribution in [1.82, 2.24) is 0 Å². The highest BCUT2D eigenvalue weighted by Gasteiger charge is 2.43. The van der Waals surface area contributed by atoms with Gasteiger partial charge in [0.05, 0.1) is 18.7 Å². The fraction of sp³-hybridized carbons (Fsp3) is 0.267. The first-order valence-electron chi connectivity index (χ1n) is 6.75. The van der Waals surface area contributed by atoms with Gasteiger partial charge in [0.2, 0.25) is 11.5 Å². The van der Waals surface area contributed by atoms with E-state index in [1.807, 2.05) is 0 Å². The van der Waals surface area contributed by atoms with E-state index in [1.54, 1.807) is 0 Å². The van der Waals surface area contributed by atoms with Crippen LogP contribution in [0.5, 0.6) is 0 Å². The molecule has 1 aromatic carbocycles. The van der Waals surface area contributed by atoms with Crippen LogP contribution in [0.25, 0.3) is 0 Å². The van der Waals surface area contributed by atoms with E-state index in [0.29, 0.717) is 10.6 Å². The number of halogens is 4. The van der Waals surface area contributed by atoms with E-state index in [-0.39, 0.29) is 12.3 Å². The predicted molar refractivity (Wildman–Crippen MR) is 78.8 cm³/mol. The predicted octanol–water partition coefficient (Wildman–Crippen LogP) is 4.05. The molecule has 0 saturated carbocycles. The standard InChI is InChI=1S/C15H11ClF3NO4/c1-2-23-14(22)24-12-11(21)7-10(20-13(12)15(17,18)19)8-3-5-9(16)6-4-8/h3-6H,2,7H2,1H3. The van der Waals surface area contributed by atoms with Crippen LogP contribution in [0.1, 0.15) is 18.9 Å². The number of rotatable bonds is 3. The summed E-state index contributed by atoms with van der Waals surface area (Å²) >= 11 is 5.72. The lowest BCUT2D eigenvalue weighted by atomic mass is 10.0. The molecule has 1 aliphatic rings. The van der Waals surface area contributed by atoms with Crippen molar-refractivity contribution in [3.63, 3.8) is 0 Å². The normalized spacial score (nSPS) is 15.2. The number of ketones is 1. The van der Waals surface area contributed by atoms with Gasteiger partial charge in [0.1, 0.15) is 0 Å². The lowest BCUT2D eigenvalue weighted by Crippen LogP contribution is -2.27. The number of carbonyl (C=O) groups is 2. The summed E-state index contributed by atoms with van der Waals surface area (Å²) in [7, 11) is 0. The summed E-state index contributed by atoms with van der Waals surface area (Å²) in [5.41, 5.74) is -1.36. The molecule has 0 amide bonds. The minimum Gasteiger partial charge on any atom is -0.434 e. The molecule has 0 unspecified atom stereocenters. The monoisotopic (exact) mass is 361 g/mol. The van der Waals surface area contributed by atoms with Crippen molar-refractivity contribution >= 4 is 29.3 Å². The minimum atomic E-state index is -4.98. The Morgan fingerprint density at radius 3 is 2.46 bits per heavy atom. The molecule has 1 aromatic rings.